The predicted molar refractivity (Wildman–Crippen MR) is 75.6 cm³/mol. The number of hydrogen-bond acceptors (Lipinski definition) is 7. The highest BCUT2D eigenvalue weighted by atomic mass is 19.4. The lowest BCUT2D eigenvalue weighted by Gasteiger charge is -2.18. The van der Waals surface area contributed by atoms with Crippen molar-refractivity contribution >= 4 is 36.2 Å². The third-order valence-electron chi connectivity index (χ3n) is 3.26. The molecular weight excluding hydrogens is 319 g/mol. The molecule has 23 heavy (non-hydrogen) atoms. The van der Waals surface area contributed by atoms with E-state index in [4.69, 9.17) is 18.6 Å². The molecule has 0 saturated carbocycles. The molecule has 0 radical (unpaired) electrons. The van der Waals surface area contributed by atoms with Crippen LogP contribution < -0.4 is 10.9 Å². The lowest BCUT2D eigenvalue weighted by atomic mass is 9.69. The SMILES string of the molecule is COB(OC)c1cc(C(F)(F)F)c(B(OC)OC)c2nonc12. The van der Waals surface area contributed by atoms with Gasteiger partial charge in [0.05, 0.1) is 5.56 Å². The Balaban J connectivity index is 2.84. The van der Waals surface area contributed by atoms with Gasteiger partial charge in [-0.05, 0) is 6.07 Å². The fourth-order valence-electron chi connectivity index (χ4n) is 2.32. The molecule has 1 heterocycles. The summed E-state index contributed by atoms with van der Waals surface area (Å²) >= 11 is 0. The second-order valence-electron chi connectivity index (χ2n) is 4.49. The second kappa shape index (κ2) is 6.87. The van der Waals surface area contributed by atoms with Crippen LogP contribution in [0.25, 0.3) is 11.0 Å². The highest BCUT2D eigenvalue weighted by molar-refractivity contribution is 6.68. The molecule has 0 aliphatic heterocycles. The van der Waals surface area contributed by atoms with Crippen molar-refractivity contribution in [1.82, 2.24) is 10.3 Å². The van der Waals surface area contributed by atoms with Gasteiger partial charge >= 0.3 is 20.4 Å². The van der Waals surface area contributed by atoms with Gasteiger partial charge in [-0.3, -0.25) is 0 Å². The number of rotatable bonds is 6. The van der Waals surface area contributed by atoms with Crippen LogP contribution in [-0.2, 0) is 24.8 Å². The molecule has 0 aliphatic rings. The van der Waals surface area contributed by atoms with Gasteiger partial charge in [0, 0.05) is 39.4 Å². The van der Waals surface area contributed by atoms with Crippen molar-refractivity contribution in [3.8, 4) is 0 Å². The van der Waals surface area contributed by atoms with E-state index in [2.05, 4.69) is 14.9 Å². The molecule has 0 bridgehead atoms. The molecule has 7 nitrogen and oxygen atoms in total. The largest absolute Gasteiger partial charge is 0.496 e. The maximum atomic E-state index is 13.5. The first-order chi connectivity index (χ1) is 10.9. The number of aromatic nitrogens is 2. The third kappa shape index (κ3) is 3.20. The van der Waals surface area contributed by atoms with Crippen LogP contribution in [0.15, 0.2) is 10.7 Å². The van der Waals surface area contributed by atoms with Crippen molar-refractivity contribution in [1.29, 1.82) is 0 Å². The van der Waals surface area contributed by atoms with E-state index >= 15 is 0 Å². The average Bonchev–Trinajstić information content (AvgIpc) is 2.99. The summed E-state index contributed by atoms with van der Waals surface area (Å²) in [6, 6.07) is 0.866. The van der Waals surface area contributed by atoms with Gasteiger partial charge in [0.1, 0.15) is 11.0 Å². The van der Waals surface area contributed by atoms with Gasteiger partial charge < -0.3 is 18.6 Å². The van der Waals surface area contributed by atoms with Crippen LogP contribution >= 0.6 is 0 Å². The van der Waals surface area contributed by atoms with Crippen LogP contribution in [0.1, 0.15) is 5.56 Å². The zero-order valence-electron chi connectivity index (χ0n) is 12.8. The van der Waals surface area contributed by atoms with Crippen LogP contribution in [0.4, 0.5) is 13.2 Å². The minimum Gasteiger partial charge on any atom is -0.410 e. The lowest BCUT2D eigenvalue weighted by molar-refractivity contribution is -0.136. The van der Waals surface area contributed by atoms with Gasteiger partial charge in [0.2, 0.25) is 0 Å². The summed E-state index contributed by atoms with van der Waals surface area (Å²) < 4.78 is 65.0. The summed E-state index contributed by atoms with van der Waals surface area (Å²) in [6.45, 7) is 0. The summed E-state index contributed by atoms with van der Waals surface area (Å²) in [5, 5.41) is 7.21. The molecule has 1 aromatic heterocycles. The minimum atomic E-state index is -4.68. The highest BCUT2D eigenvalue weighted by Gasteiger charge is 2.42. The average molecular weight is 332 g/mol. The molecule has 0 spiro atoms. The molecule has 12 heteroatoms. The van der Waals surface area contributed by atoms with Gasteiger partial charge in [-0.1, -0.05) is 10.3 Å². The fourth-order valence-corrected chi connectivity index (χ4v) is 2.32. The molecule has 124 valence electrons. The number of fused-ring (bicyclic) bond motifs is 1. The summed E-state index contributed by atoms with van der Waals surface area (Å²) in [6.07, 6.45) is -4.68. The summed E-state index contributed by atoms with van der Waals surface area (Å²) in [5.41, 5.74) is -1.35. The summed E-state index contributed by atoms with van der Waals surface area (Å²) in [4.78, 5) is 0. The molecule has 0 saturated heterocycles. The maximum Gasteiger partial charge on any atom is 0.496 e. The molecule has 2 aromatic rings. The Labute approximate surface area is 130 Å². The molecule has 1 aromatic carbocycles. The van der Waals surface area contributed by atoms with Crippen LogP contribution in [0.5, 0.6) is 0 Å². The van der Waals surface area contributed by atoms with Crippen LogP contribution in [0, 0.1) is 0 Å². The van der Waals surface area contributed by atoms with E-state index in [9.17, 15) is 13.2 Å². The summed E-state index contributed by atoms with van der Waals surface area (Å²) in [7, 11) is 2.66. The Kier molecular flexibility index (Phi) is 5.30. The van der Waals surface area contributed by atoms with Crippen molar-refractivity contribution in [3.05, 3.63) is 11.6 Å². The molecule has 0 atom stereocenters. The van der Waals surface area contributed by atoms with Crippen LogP contribution in [0.2, 0.25) is 0 Å². The van der Waals surface area contributed by atoms with E-state index in [1.807, 2.05) is 0 Å². The maximum absolute atomic E-state index is 13.5. The van der Waals surface area contributed by atoms with Crippen molar-refractivity contribution in [3.63, 3.8) is 0 Å². The highest BCUT2D eigenvalue weighted by Crippen LogP contribution is 2.29. The Bertz CT molecular complexity index is 673. The number of benzene rings is 1. The molecule has 0 N–H and O–H groups in total. The van der Waals surface area contributed by atoms with E-state index < -0.39 is 26.0 Å². The normalized spacial score (nSPS) is 12.0. The fraction of sp³-hybridized carbons (Fsp3) is 0.455. The Morgan fingerprint density at radius 2 is 1.43 bits per heavy atom. The molecule has 0 aliphatic carbocycles. The molecule has 0 fully saturated rings. The molecule has 0 unspecified atom stereocenters. The third-order valence-corrected chi connectivity index (χ3v) is 3.26. The first-order valence-electron chi connectivity index (χ1n) is 6.36. The summed E-state index contributed by atoms with van der Waals surface area (Å²) in [5.74, 6) is 0. The van der Waals surface area contributed by atoms with Crippen LogP contribution in [-0.4, -0.2) is 53.0 Å². The minimum absolute atomic E-state index is 0.0354. The number of alkyl halides is 3. The van der Waals surface area contributed by atoms with Gasteiger partial charge in [-0.25, -0.2) is 4.63 Å². The van der Waals surface area contributed by atoms with E-state index in [1.165, 1.54) is 28.4 Å². The second-order valence-corrected chi connectivity index (χ2v) is 4.49. The first kappa shape index (κ1) is 17.7. The Morgan fingerprint density at radius 1 is 0.913 bits per heavy atom. The van der Waals surface area contributed by atoms with E-state index in [-0.39, 0.29) is 22.0 Å². The zero-order chi connectivity index (χ0) is 17.2. The van der Waals surface area contributed by atoms with E-state index in [0.717, 1.165) is 6.07 Å². The van der Waals surface area contributed by atoms with Gasteiger partial charge in [0.25, 0.3) is 0 Å². The number of hydrogen-bond donors (Lipinski definition) is 0. The zero-order valence-corrected chi connectivity index (χ0v) is 12.8. The van der Waals surface area contributed by atoms with Crippen molar-refractivity contribution in [2.45, 2.75) is 6.18 Å². The Morgan fingerprint density at radius 3 is 1.91 bits per heavy atom. The monoisotopic (exact) mass is 332 g/mol. The first-order valence-corrected chi connectivity index (χ1v) is 6.36. The quantitative estimate of drug-likeness (QED) is 0.701. The van der Waals surface area contributed by atoms with Crippen molar-refractivity contribution < 1.29 is 36.4 Å². The Hall–Kier alpha value is -1.62. The predicted octanol–water partition coefficient (Wildman–Crippen LogP) is 0.218. The van der Waals surface area contributed by atoms with E-state index in [0.29, 0.717) is 0 Å². The topological polar surface area (TPSA) is 75.8 Å². The molecule has 0 amide bonds. The van der Waals surface area contributed by atoms with Gasteiger partial charge in [-0.15, -0.1) is 0 Å². The smallest absolute Gasteiger partial charge is 0.410 e. The van der Waals surface area contributed by atoms with Crippen LogP contribution in [0.3, 0.4) is 0 Å². The van der Waals surface area contributed by atoms with Gasteiger partial charge in [0.15, 0.2) is 0 Å². The molecule has 2 rings (SSSR count). The van der Waals surface area contributed by atoms with Gasteiger partial charge in [-0.2, -0.15) is 13.2 Å². The number of nitrogens with zero attached hydrogens (tertiary/aromatic N) is 2. The number of halogens is 3. The van der Waals surface area contributed by atoms with E-state index in [1.54, 1.807) is 0 Å². The lowest BCUT2D eigenvalue weighted by Crippen LogP contribution is -2.44. The van der Waals surface area contributed by atoms with Crippen molar-refractivity contribution in [2.75, 3.05) is 28.4 Å². The standard InChI is InChI=1S/C11H13B2F3N2O5/c1-19-12(20-2)7-5-6(11(14,15)16)8(13(21-3)22-4)10-9(7)17-23-18-10/h5H,1-4H3. The van der Waals surface area contributed by atoms with Crippen molar-refractivity contribution in [2.24, 2.45) is 0 Å². The molecular formula is C11H13B2F3N2O5.